The summed E-state index contributed by atoms with van der Waals surface area (Å²) in [6.07, 6.45) is 1.71. The van der Waals surface area contributed by atoms with Gasteiger partial charge in [-0.3, -0.25) is 4.79 Å². The van der Waals surface area contributed by atoms with Crippen molar-refractivity contribution in [2.45, 2.75) is 45.3 Å². The van der Waals surface area contributed by atoms with E-state index in [0.717, 1.165) is 22.5 Å². The Morgan fingerprint density at radius 2 is 2.33 bits per heavy atom. The van der Waals surface area contributed by atoms with Gasteiger partial charge in [0.15, 0.2) is 3.92 Å². The molecule has 1 atom stereocenters. The van der Waals surface area contributed by atoms with E-state index in [1.54, 1.807) is 0 Å². The molecular weight excluding hydrogens is 316 g/mol. The second-order valence-corrected chi connectivity index (χ2v) is 7.43. The Balaban J connectivity index is 2.01. The average molecular weight is 333 g/mol. The highest BCUT2D eigenvalue weighted by Crippen LogP contribution is 2.26. The molecule has 1 amide bonds. The standard InChI is InChI=1S/C12H17BrN2O2S/c1-7-9(18-11(13)14-7)10(16)15-8-4-5-17-12(2,3)6-8/h8H,4-6H2,1-3H3,(H,15,16)/t8-/m1/s1. The van der Waals surface area contributed by atoms with Crippen molar-refractivity contribution < 1.29 is 9.53 Å². The van der Waals surface area contributed by atoms with Gasteiger partial charge in [0.05, 0.1) is 11.3 Å². The van der Waals surface area contributed by atoms with Crippen molar-refractivity contribution in [3.63, 3.8) is 0 Å². The van der Waals surface area contributed by atoms with Crippen molar-refractivity contribution in [1.82, 2.24) is 10.3 Å². The number of carbonyl (C=O) groups excluding carboxylic acids is 1. The van der Waals surface area contributed by atoms with E-state index in [-0.39, 0.29) is 17.6 Å². The molecule has 0 spiro atoms. The molecule has 1 saturated heterocycles. The third-order valence-corrected chi connectivity index (χ3v) is 4.62. The minimum Gasteiger partial charge on any atom is -0.375 e. The van der Waals surface area contributed by atoms with Crippen LogP contribution >= 0.6 is 27.3 Å². The van der Waals surface area contributed by atoms with Crippen LogP contribution in [0.4, 0.5) is 0 Å². The third-order valence-electron chi connectivity index (χ3n) is 3.01. The fourth-order valence-corrected chi connectivity index (χ4v) is 3.63. The molecule has 1 aromatic heterocycles. The smallest absolute Gasteiger partial charge is 0.263 e. The molecule has 2 rings (SSSR count). The number of thiazole rings is 1. The van der Waals surface area contributed by atoms with E-state index in [1.807, 2.05) is 6.92 Å². The fourth-order valence-electron chi connectivity index (χ4n) is 2.18. The maximum Gasteiger partial charge on any atom is 0.263 e. The van der Waals surface area contributed by atoms with E-state index in [9.17, 15) is 4.79 Å². The number of rotatable bonds is 2. The van der Waals surface area contributed by atoms with E-state index in [2.05, 4.69) is 40.1 Å². The van der Waals surface area contributed by atoms with E-state index >= 15 is 0 Å². The van der Waals surface area contributed by atoms with Crippen molar-refractivity contribution in [2.24, 2.45) is 0 Å². The second-order valence-electron chi connectivity index (χ2n) is 5.15. The van der Waals surface area contributed by atoms with Gasteiger partial charge in [0.1, 0.15) is 4.88 Å². The molecule has 100 valence electrons. The third kappa shape index (κ3) is 3.30. The van der Waals surface area contributed by atoms with Gasteiger partial charge in [0, 0.05) is 12.6 Å². The lowest BCUT2D eigenvalue weighted by Crippen LogP contribution is -2.45. The highest BCUT2D eigenvalue weighted by molar-refractivity contribution is 9.11. The van der Waals surface area contributed by atoms with Crippen LogP contribution in [-0.2, 0) is 4.74 Å². The van der Waals surface area contributed by atoms with Gasteiger partial charge >= 0.3 is 0 Å². The zero-order valence-electron chi connectivity index (χ0n) is 10.7. The molecule has 1 fully saturated rings. The Morgan fingerprint density at radius 3 is 2.89 bits per heavy atom. The lowest BCUT2D eigenvalue weighted by Gasteiger charge is -2.35. The summed E-state index contributed by atoms with van der Waals surface area (Å²) < 4.78 is 6.39. The fraction of sp³-hybridized carbons (Fsp3) is 0.667. The molecule has 18 heavy (non-hydrogen) atoms. The molecule has 1 aromatic rings. The van der Waals surface area contributed by atoms with Crippen LogP contribution in [0.25, 0.3) is 0 Å². The lowest BCUT2D eigenvalue weighted by atomic mass is 9.94. The van der Waals surface area contributed by atoms with Crippen molar-refractivity contribution in [1.29, 1.82) is 0 Å². The first-order chi connectivity index (χ1) is 8.37. The molecular formula is C12H17BrN2O2S. The van der Waals surface area contributed by atoms with E-state index < -0.39 is 0 Å². The molecule has 2 heterocycles. The maximum atomic E-state index is 12.2. The lowest BCUT2D eigenvalue weighted by molar-refractivity contribution is -0.0615. The molecule has 0 aromatic carbocycles. The van der Waals surface area contributed by atoms with Crippen molar-refractivity contribution in [2.75, 3.05) is 6.61 Å². The van der Waals surface area contributed by atoms with Crippen LogP contribution in [0, 0.1) is 6.92 Å². The van der Waals surface area contributed by atoms with Crippen LogP contribution in [0.1, 0.15) is 42.1 Å². The summed E-state index contributed by atoms with van der Waals surface area (Å²) in [6, 6.07) is 0.182. The zero-order chi connectivity index (χ0) is 13.3. The number of ether oxygens (including phenoxy) is 1. The molecule has 1 aliphatic heterocycles. The van der Waals surface area contributed by atoms with Gasteiger partial charge in [-0.05, 0) is 49.5 Å². The zero-order valence-corrected chi connectivity index (χ0v) is 13.2. The Labute approximate surface area is 119 Å². The van der Waals surface area contributed by atoms with Crippen LogP contribution in [0.3, 0.4) is 0 Å². The Hall–Kier alpha value is -0.460. The average Bonchev–Trinajstić information content (AvgIpc) is 2.56. The molecule has 0 unspecified atom stereocenters. The Kier molecular flexibility index (Phi) is 4.08. The number of hydrogen-bond acceptors (Lipinski definition) is 4. The Bertz CT molecular complexity index is 459. The minimum atomic E-state index is -0.153. The Morgan fingerprint density at radius 1 is 1.61 bits per heavy atom. The number of aryl methyl sites for hydroxylation is 1. The van der Waals surface area contributed by atoms with Crippen LogP contribution in [0.5, 0.6) is 0 Å². The number of halogens is 1. The predicted octanol–water partition coefficient (Wildman–Crippen LogP) is 2.90. The summed E-state index contributed by atoms with van der Waals surface area (Å²) >= 11 is 4.68. The van der Waals surface area contributed by atoms with Crippen LogP contribution < -0.4 is 5.32 Å². The van der Waals surface area contributed by atoms with E-state index in [0.29, 0.717) is 11.5 Å². The first-order valence-electron chi connectivity index (χ1n) is 5.95. The molecule has 1 N–H and O–H groups in total. The molecule has 0 saturated carbocycles. The number of nitrogens with one attached hydrogen (secondary N) is 1. The summed E-state index contributed by atoms with van der Waals surface area (Å²) in [7, 11) is 0. The van der Waals surface area contributed by atoms with E-state index in [1.165, 1.54) is 11.3 Å². The van der Waals surface area contributed by atoms with Crippen LogP contribution in [0.2, 0.25) is 0 Å². The number of nitrogens with zero attached hydrogens (tertiary/aromatic N) is 1. The minimum absolute atomic E-state index is 0.0293. The summed E-state index contributed by atoms with van der Waals surface area (Å²) in [6.45, 7) is 6.66. The molecule has 0 bridgehead atoms. The van der Waals surface area contributed by atoms with Gasteiger partial charge in [0.2, 0.25) is 0 Å². The number of carbonyl (C=O) groups is 1. The first-order valence-corrected chi connectivity index (χ1v) is 7.56. The number of hydrogen-bond donors (Lipinski definition) is 1. The van der Waals surface area contributed by atoms with Crippen LogP contribution in [-0.4, -0.2) is 29.1 Å². The van der Waals surface area contributed by atoms with Gasteiger partial charge in [-0.1, -0.05) is 0 Å². The van der Waals surface area contributed by atoms with Crippen molar-refractivity contribution >= 4 is 33.2 Å². The molecule has 0 aliphatic carbocycles. The van der Waals surface area contributed by atoms with Crippen molar-refractivity contribution in [3.8, 4) is 0 Å². The summed E-state index contributed by atoms with van der Waals surface area (Å²) in [5.41, 5.74) is 0.621. The topological polar surface area (TPSA) is 51.2 Å². The molecule has 0 radical (unpaired) electrons. The maximum absolute atomic E-state index is 12.2. The SMILES string of the molecule is Cc1nc(Br)sc1C(=O)N[C@@H]1CCOC(C)(C)C1. The molecule has 1 aliphatic rings. The summed E-state index contributed by atoms with van der Waals surface area (Å²) in [4.78, 5) is 17.0. The first kappa shape index (κ1) is 14.0. The second kappa shape index (κ2) is 5.27. The predicted molar refractivity (Wildman–Crippen MR) is 75.1 cm³/mol. The highest BCUT2D eigenvalue weighted by Gasteiger charge is 2.30. The van der Waals surface area contributed by atoms with Crippen molar-refractivity contribution in [3.05, 3.63) is 14.5 Å². The van der Waals surface area contributed by atoms with Gasteiger partial charge in [-0.2, -0.15) is 0 Å². The monoisotopic (exact) mass is 332 g/mol. The van der Waals surface area contributed by atoms with Gasteiger partial charge in [-0.15, -0.1) is 11.3 Å². The molecule has 6 heteroatoms. The largest absolute Gasteiger partial charge is 0.375 e. The quantitative estimate of drug-likeness (QED) is 0.905. The highest BCUT2D eigenvalue weighted by atomic mass is 79.9. The van der Waals surface area contributed by atoms with E-state index in [4.69, 9.17) is 4.74 Å². The number of aromatic nitrogens is 1. The number of amides is 1. The summed E-state index contributed by atoms with van der Waals surface area (Å²) in [5.74, 6) is -0.0293. The summed E-state index contributed by atoms with van der Waals surface area (Å²) in [5, 5.41) is 3.08. The van der Waals surface area contributed by atoms with Gasteiger partial charge < -0.3 is 10.1 Å². The van der Waals surface area contributed by atoms with Gasteiger partial charge in [0.25, 0.3) is 5.91 Å². The normalized spacial score (nSPS) is 22.8. The van der Waals surface area contributed by atoms with Crippen LogP contribution in [0.15, 0.2) is 3.92 Å². The molecule has 4 nitrogen and oxygen atoms in total. The van der Waals surface area contributed by atoms with Gasteiger partial charge in [-0.25, -0.2) is 4.98 Å².